The Kier molecular flexibility index (Phi) is 7.40. The molecule has 36 heavy (non-hydrogen) atoms. The lowest BCUT2D eigenvalue weighted by molar-refractivity contribution is 0.154. The van der Waals surface area contributed by atoms with Gasteiger partial charge >= 0.3 is 6.09 Å². The fourth-order valence-electron chi connectivity index (χ4n) is 3.94. The largest absolute Gasteiger partial charge is 0.493 e. The van der Waals surface area contributed by atoms with E-state index in [4.69, 9.17) is 9.47 Å². The Morgan fingerprint density at radius 2 is 1.92 bits per heavy atom. The summed E-state index contributed by atoms with van der Waals surface area (Å²) in [6, 6.07) is 13.6. The molecule has 2 aromatic heterocycles. The van der Waals surface area contributed by atoms with Crippen LogP contribution in [0.3, 0.4) is 0 Å². The molecule has 0 spiro atoms. The van der Waals surface area contributed by atoms with Crippen LogP contribution < -0.4 is 14.8 Å². The van der Waals surface area contributed by atoms with E-state index in [1.165, 1.54) is 4.90 Å². The van der Waals surface area contributed by atoms with Gasteiger partial charge in [-0.2, -0.15) is 0 Å². The van der Waals surface area contributed by atoms with E-state index in [0.29, 0.717) is 29.7 Å². The number of ether oxygens (including phenoxy) is 2. The molecule has 0 unspecified atom stereocenters. The van der Waals surface area contributed by atoms with E-state index in [-0.39, 0.29) is 6.04 Å². The van der Waals surface area contributed by atoms with Crippen molar-refractivity contribution in [2.75, 3.05) is 26.6 Å². The molecule has 0 fully saturated rings. The molecule has 2 heterocycles. The molecule has 4 aromatic rings. The first-order valence-corrected chi connectivity index (χ1v) is 12.2. The number of anilines is 1. The fraction of sp³-hybridized carbons (Fsp3) is 0.222. The number of amides is 1. The summed E-state index contributed by atoms with van der Waals surface area (Å²) in [5.74, 6) is 2.36. The number of carboxylic acid groups (broad SMARTS) is 1. The van der Waals surface area contributed by atoms with Crippen molar-refractivity contribution in [3.63, 3.8) is 0 Å². The molecule has 0 saturated heterocycles. The zero-order valence-electron chi connectivity index (χ0n) is 20.6. The van der Waals surface area contributed by atoms with Crippen LogP contribution in [0.5, 0.6) is 11.5 Å². The average molecular weight is 505 g/mol. The topological polar surface area (TPSA) is 96.8 Å². The second kappa shape index (κ2) is 10.7. The molecule has 8 nitrogen and oxygen atoms in total. The first kappa shape index (κ1) is 25.0. The third-order valence-corrected chi connectivity index (χ3v) is 6.98. The first-order chi connectivity index (χ1) is 17.3. The Morgan fingerprint density at radius 1 is 1.19 bits per heavy atom. The number of aromatic nitrogens is 2. The molecule has 1 amide bonds. The normalized spacial score (nSPS) is 11.7. The zero-order chi connectivity index (χ0) is 25.8. The van der Waals surface area contributed by atoms with Gasteiger partial charge in [0, 0.05) is 29.9 Å². The number of hydrogen-bond acceptors (Lipinski definition) is 7. The van der Waals surface area contributed by atoms with Crippen LogP contribution in [0.1, 0.15) is 29.2 Å². The maximum atomic E-state index is 11.3. The minimum Gasteiger partial charge on any atom is -0.493 e. The fourth-order valence-corrected chi connectivity index (χ4v) is 4.85. The average Bonchev–Trinajstić information content (AvgIpc) is 3.38. The molecular formula is C27H28N4O4S. The lowest BCUT2D eigenvalue weighted by atomic mass is 10.0. The second-order valence-electron chi connectivity index (χ2n) is 8.26. The van der Waals surface area contributed by atoms with Crippen molar-refractivity contribution in [1.82, 2.24) is 14.9 Å². The predicted octanol–water partition coefficient (Wildman–Crippen LogP) is 6.30. The van der Waals surface area contributed by atoms with Crippen LogP contribution in [-0.2, 0) is 6.54 Å². The highest BCUT2D eigenvalue weighted by Gasteiger charge is 2.17. The minimum absolute atomic E-state index is 0.0542. The van der Waals surface area contributed by atoms with E-state index >= 15 is 0 Å². The van der Waals surface area contributed by atoms with E-state index < -0.39 is 6.09 Å². The highest BCUT2D eigenvalue weighted by atomic mass is 32.1. The van der Waals surface area contributed by atoms with Gasteiger partial charge in [-0.3, -0.25) is 0 Å². The van der Waals surface area contributed by atoms with Gasteiger partial charge in [0.1, 0.15) is 5.82 Å². The van der Waals surface area contributed by atoms with Crippen molar-refractivity contribution in [3.8, 4) is 22.6 Å². The van der Waals surface area contributed by atoms with E-state index in [2.05, 4.69) is 40.2 Å². The first-order valence-electron chi connectivity index (χ1n) is 11.3. The van der Waals surface area contributed by atoms with Gasteiger partial charge in [-0.15, -0.1) is 11.3 Å². The Hall–Kier alpha value is -4.11. The van der Waals surface area contributed by atoms with Gasteiger partial charge in [-0.1, -0.05) is 30.8 Å². The number of hydrogen-bond donors (Lipinski definition) is 2. The standard InChI is InChI=1S/C27H28N4O4S/c1-6-25-29-21-13-23(35-5)22(34-4)12-20(21)26(30-25)28-16(2)24-11-18(15-36-24)19-10-8-7-9-17(19)14-31(3)27(32)33/h6-13,15-16H,1,14H2,2-5H3,(H,32,33)(H,28,29,30)/t16-/m1/s1. The summed E-state index contributed by atoms with van der Waals surface area (Å²) in [5, 5.41) is 15.7. The molecule has 186 valence electrons. The number of rotatable bonds is 9. The molecule has 0 bridgehead atoms. The summed E-state index contributed by atoms with van der Waals surface area (Å²) in [4.78, 5) is 22.9. The Morgan fingerprint density at radius 3 is 2.61 bits per heavy atom. The second-order valence-corrected chi connectivity index (χ2v) is 9.20. The highest BCUT2D eigenvalue weighted by molar-refractivity contribution is 7.10. The zero-order valence-corrected chi connectivity index (χ0v) is 21.4. The van der Waals surface area contributed by atoms with Crippen molar-refractivity contribution in [2.45, 2.75) is 19.5 Å². The van der Waals surface area contributed by atoms with Crippen molar-refractivity contribution in [1.29, 1.82) is 0 Å². The maximum Gasteiger partial charge on any atom is 0.407 e. The lowest BCUT2D eigenvalue weighted by Gasteiger charge is -2.17. The molecule has 0 aliphatic heterocycles. The predicted molar refractivity (Wildman–Crippen MR) is 144 cm³/mol. The van der Waals surface area contributed by atoms with Crippen molar-refractivity contribution >= 4 is 40.2 Å². The smallest absolute Gasteiger partial charge is 0.407 e. The van der Waals surface area contributed by atoms with Crippen LogP contribution in [0.15, 0.2) is 54.4 Å². The van der Waals surface area contributed by atoms with Crippen molar-refractivity contribution in [3.05, 3.63) is 70.7 Å². The Balaban J connectivity index is 1.66. The van der Waals surface area contributed by atoms with E-state index in [0.717, 1.165) is 32.5 Å². The number of methoxy groups -OCH3 is 2. The summed E-state index contributed by atoms with van der Waals surface area (Å²) < 4.78 is 10.9. The molecule has 0 aliphatic rings. The van der Waals surface area contributed by atoms with E-state index in [1.807, 2.05) is 36.4 Å². The monoisotopic (exact) mass is 504 g/mol. The quantitative estimate of drug-likeness (QED) is 0.276. The molecule has 9 heteroatoms. The van der Waals surface area contributed by atoms with Crippen LogP contribution >= 0.6 is 11.3 Å². The molecule has 0 saturated carbocycles. The molecule has 1 atom stereocenters. The lowest BCUT2D eigenvalue weighted by Crippen LogP contribution is -2.24. The van der Waals surface area contributed by atoms with Gasteiger partial charge in [0.2, 0.25) is 0 Å². The number of fused-ring (bicyclic) bond motifs is 1. The summed E-state index contributed by atoms with van der Waals surface area (Å²) >= 11 is 1.63. The van der Waals surface area contributed by atoms with Crippen molar-refractivity contribution < 1.29 is 19.4 Å². The minimum atomic E-state index is -0.959. The third-order valence-electron chi connectivity index (χ3n) is 5.86. The number of nitrogens with zero attached hydrogens (tertiary/aromatic N) is 3. The SMILES string of the molecule is C=Cc1nc(N[C@H](C)c2cc(-c3ccccc3CN(C)C(=O)O)cs2)c2cc(OC)c(OC)cc2n1. The summed E-state index contributed by atoms with van der Waals surface area (Å²) in [5.41, 5.74) is 3.73. The Bertz CT molecular complexity index is 1420. The summed E-state index contributed by atoms with van der Waals surface area (Å²) in [6.07, 6.45) is 0.652. The summed E-state index contributed by atoms with van der Waals surface area (Å²) in [7, 11) is 4.75. The maximum absolute atomic E-state index is 11.3. The highest BCUT2D eigenvalue weighted by Crippen LogP contribution is 2.37. The van der Waals surface area contributed by atoms with E-state index in [9.17, 15) is 9.90 Å². The molecule has 0 radical (unpaired) electrons. The number of nitrogens with one attached hydrogen (secondary N) is 1. The molecule has 2 N–H and O–H groups in total. The van der Waals surface area contributed by atoms with E-state index in [1.54, 1.807) is 38.7 Å². The molecule has 2 aromatic carbocycles. The third kappa shape index (κ3) is 5.11. The van der Waals surface area contributed by atoms with Gasteiger partial charge < -0.3 is 24.8 Å². The Labute approximate surface area is 213 Å². The van der Waals surface area contributed by atoms with Gasteiger partial charge in [0.05, 0.1) is 25.8 Å². The number of carbonyl (C=O) groups is 1. The van der Waals surface area contributed by atoms with Gasteiger partial charge in [0.25, 0.3) is 0 Å². The number of benzene rings is 2. The van der Waals surface area contributed by atoms with Gasteiger partial charge in [-0.05, 0) is 47.2 Å². The van der Waals surface area contributed by atoms with Gasteiger partial charge in [0.15, 0.2) is 17.3 Å². The summed E-state index contributed by atoms with van der Waals surface area (Å²) in [6.45, 7) is 6.21. The molecular weight excluding hydrogens is 476 g/mol. The molecule has 4 rings (SSSR count). The molecule has 0 aliphatic carbocycles. The van der Waals surface area contributed by atoms with Crippen LogP contribution in [0.4, 0.5) is 10.6 Å². The van der Waals surface area contributed by atoms with Crippen molar-refractivity contribution in [2.24, 2.45) is 0 Å². The number of thiophene rings is 1. The van der Waals surface area contributed by atoms with Crippen LogP contribution in [0, 0.1) is 0 Å². The van der Waals surface area contributed by atoms with Crippen LogP contribution in [0.25, 0.3) is 28.1 Å². The van der Waals surface area contributed by atoms with Crippen LogP contribution in [-0.4, -0.2) is 47.3 Å². The van der Waals surface area contributed by atoms with Gasteiger partial charge in [-0.25, -0.2) is 14.8 Å². The van der Waals surface area contributed by atoms with Crippen LogP contribution in [0.2, 0.25) is 0 Å².